The molecule has 0 bridgehead atoms. The summed E-state index contributed by atoms with van der Waals surface area (Å²) in [5.41, 5.74) is 3.16. The topological polar surface area (TPSA) is 35.6 Å². The Hall–Kier alpha value is -2.34. The fourth-order valence-corrected chi connectivity index (χ4v) is 4.40. The van der Waals surface area contributed by atoms with Crippen LogP contribution in [0.5, 0.6) is 0 Å². The third-order valence-electron chi connectivity index (χ3n) is 4.95. The minimum Gasteiger partial charge on any atom is -0.368 e. The van der Waals surface area contributed by atoms with Crippen molar-refractivity contribution in [2.75, 3.05) is 43.4 Å². The molecule has 1 fully saturated rings. The Morgan fingerprint density at radius 3 is 2.43 bits per heavy atom. The summed E-state index contributed by atoms with van der Waals surface area (Å²) in [5.74, 6) is -0.101. The second-order valence-corrected chi connectivity index (χ2v) is 8.45. The normalized spacial score (nSPS) is 14.9. The second-order valence-electron chi connectivity index (χ2n) is 6.93. The van der Waals surface area contributed by atoms with Crippen LogP contribution in [-0.2, 0) is 0 Å². The van der Waals surface area contributed by atoms with Crippen LogP contribution in [0, 0.1) is 0 Å². The molecule has 1 aliphatic heterocycles. The van der Waals surface area contributed by atoms with Crippen molar-refractivity contribution >= 4 is 40.2 Å². The van der Waals surface area contributed by atoms with Crippen molar-refractivity contribution in [2.45, 2.75) is 0 Å². The number of likely N-dealkylation sites (N-methyl/N-ethyl adjacent to an activating group) is 1. The molecule has 2 aromatic carbocycles. The lowest BCUT2D eigenvalue weighted by atomic mass is 10.1. The van der Waals surface area contributed by atoms with E-state index in [1.807, 2.05) is 12.1 Å². The van der Waals surface area contributed by atoms with E-state index in [-0.39, 0.29) is 5.91 Å². The number of amides is 1. The largest absolute Gasteiger partial charge is 0.368 e. The third-order valence-corrected chi connectivity index (χ3v) is 6.31. The van der Waals surface area contributed by atoms with E-state index in [9.17, 15) is 4.79 Å². The van der Waals surface area contributed by atoms with Crippen molar-refractivity contribution in [2.24, 2.45) is 0 Å². The van der Waals surface area contributed by atoms with Gasteiger partial charge in [0.1, 0.15) is 0 Å². The summed E-state index contributed by atoms with van der Waals surface area (Å²) in [7, 11) is 2.16. The Kier molecular flexibility index (Phi) is 5.67. The highest BCUT2D eigenvalue weighted by Gasteiger charge is 2.19. The third kappa shape index (κ3) is 4.22. The summed E-state index contributed by atoms with van der Waals surface area (Å²) >= 11 is 7.43. The molecule has 1 aromatic heterocycles. The molecule has 1 amide bonds. The molecule has 0 atom stereocenters. The van der Waals surface area contributed by atoms with Crippen LogP contribution in [-0.4, -0.2) is 44.0 Å². The van der Waals surface area contributed by atoms with Crippen molar-refractivity contribution in [3.05, 3.63) is 70.6 Å². The van der Waals surface area contributed by atoms with E-state index in [1.165, 1.54) is 22.6 Å². The number of halogens is 1. The van der Waals surface area contributed by atoms with Crippen molar-refractivity contribution in [1.82, 2.24) is 4.90 Å². The number of carbonyl (C=O) groups is 1. The smallest absolute Gasteiger partial charge is 0.265 e. The molecule has 2 heterocycles. The Morgan fingerprint density at radius 2 is 1.68 bits per heavy atom. The summed E-state index contributed by atoms with van der Waals surface area (Å²) < 4.78 is 0. The first-order chi connectivity index (χ1) is 13.6. The first-order valence-electron chi connectivity index (χ1n) is 9.30. The van der Waals surface area contributed by atoms with Gasteiger partial charge in [0.2, 0.25) is 0 Å². The van der Waals surface area contributed by atoms with E-state index in [0.717, 1.165) is 36.7 Å². The van der Waals surface area contributed by atoms with Crippen LogP contribution in [0.1, 0.15) is 9.67 Å². The number of nitrogens with zero attached hydrogens (tertiary/aromatic N) is 2. The zero-order chi connectivity index (χ0) is 19.5. The van der Waals surface area contributed by atoms with Crippen LogP contribution < -0.4 is 10.2 Å². The van der Waals surface area contributed by atoms with Crippen molar-refractivity contribution in [3.8, 4) is 10.4 Å². The molecule has 1 N–H and O–H groups in total. The SMILES string of the molecule is CN1CCN(c2ccccc2-c2ccc(C(=O)Nc3ccc(Cl)cc3)s2)CC1. The summed E-state index contributed by atoms with van der Waals surface area (Å²) in [6, 6.07) is 19.5. The van der Waals surface area contributed by atoms with Gasteiger partial charge in [-0.1, -0.05) is 29.8 Å². The molecular weight excluding hydrogens is 390 g/mol. The van der Waals surface area contributed by atoms with Gasteiger partial charge in [0.25, 0.3) is 5.91 Å². The van der Waals surface area contributed by atoms with E-state index >= 15 is 0 Å². The molecule has 1 aliphatic rings. The average Bonchev–Trinajstić information content (AvgIpc) is 3.21. The maximum absolute atomic E-state index is 12.6. The van der Waals surface area contributed by atoms with Gasteiger partial charge in [0.05, 0.1) is 4.88 Å². The number of hydrogen-bond donors (Lipinski definition) is 1. The number of anilines is 2. The average molecular weight is 412 g/mol. The highest BCUT2D eigenvalue weighted by Crippen LogP contribution is 2.36. The van der Waals surface area contributed by atoms with E-state index in [4.69, 9.17) is 11.6 Å². The molecular formula is C22H22ClN3OS. The van der Waals surface area contributed by atoms with Gasteiger partial charge in [-0.15, -0.1) is 11.3 Å². The monoisotopic (exact) mass is 411 g/mol. The Labute approximate surface area is 174 Å². The van der Waals surface area contributed by atoms with Crippen molar-refractivity contribution < 1.29 is 4.79 Å². The summed E-state index contributed by atoms with van der Waals surface area (Å²) in [4.78, 5) is 19.2. The van der Waals surface area contributed by atoms with Gasteiger partial charge in [-0.25, -0.2) is 0 Å². The zero-order valence-corrected chi connectivity index (χ0v) is 17.3. The molecule has 6 heteroatoms. The maximum atomic E-state index is 12.6. The fraction of sp³-hybridized carbons (Fsp3) is 0.227. The van der Waals surface area contributed by atoms with Crippen molar-refractivity contribution in [1.29, 1.82) is 0 Å². The molecule has 0 saturated carbocycles. The molecule has 0 aliphatic carbocycles. The molecule has 3 aromatic rings. The molecule has 4 nitrogen and oxygen atoms in total. The predicted molar refractivity (Wildman–Crippen MR) is 119 cm³/mol. The van der Waals surface area contributed by atoms with E-state index in [0.29, 0.717) is 9.90 Å². The minimum absolute atomic E-state index is 0.101. The van der Waals surface area contributed by atoms with E-state index < -0.39 is 0 Å². The molecule has 144 valence electrons. The van der Waals surface area contributed by atoms with Crippen LogP contribution >= 0.6 is 22.9 Å². The molecule has 0 radical (unpaired) electrons. The lowest BCUT2D eigenvalue weighted by Crippen LogP contribution is -2.44. The Bertz CT molecular complexity index is 962. The van der Waals surface area contributed by atoms with E-state index in [1.54, 1.807) is 24.3 Å². The van der Waals surface area contributed by atoms with Crippen molar-refractivity contribution in [3.63, 3.8) is 0 Å². The highest BCUT2D eigenvalue weighted by molar-refractivity contribution is 7.17. The number of piperazine rings is 1. The molecule has 28 heavy (non-hydrogen) atoms. The first-order valence-corrected chi connectivity index (χ1v) is 10.5. The lowest BCUT2D eigenvalue weighted by Gasteiger charge is -2.35. The second kappa shape index (κ2) is 8.35. The first kappa shape index (κ1) is 19.0. The van der Waals surface area contributed by atoms with Gasteiger partial charge in [0, 0.05) is 53.0 Å². The minimum atomic E-state index is -0.101. The van der Waals surface area contributed by atoms with Gasteiger partial charge in [-0.3, -0.25) is 4.79 Å². The maximum Gasteiger partial charge on any atom is 0.265 e. The van der Waals surface area contributed by atoms with Crippen LogP contribution in [0.2, 0.25) is 5.02 Å². The summed E-state index contributed by atoms with van der Waals surface area (Å²) in [5, 5.41) is 3.58. The van der Waals surface area contributed by atoms with E-state index in [2.05, 4.69) is 46.4 Å². The standard InChI is InChI=1S/C22H22ClN3OS/c1-25-12-14-26(15-13-25)19-5-3-2-4-18(19)20-10-11-21(28-20)22(27)24-17-8-6-16(23)7-9-17/h2-11H,12-15H2,1H3,(H,24,27). The van der Waals surface area contributed by atoms with Gasteiger partial charge < -0.3 is 15.1 Å². The molecule has 0 spiro atoms. The van der Waals surface area contributed by atoms with Gasteiger partial charge in [0.15, 0.2) is 0 Å². The van der Waals surface area contributed by atoms with Gasteiger partial charge in [-0.2, -0.15) is 0 Å². The number of nitrogens with one attached hydrogen (secondary N) is 1. The number of benzene rings is 2. The van der Waals surface area contributed by atoms with Gasteiger partial charge >= 0.3 is 0 Å². The highest BCUT2D eigenvalue weighted by atomic mass is 35.5. The van der Waals surface area contributed by atoms with Crippen LogP contribution in [0.4, 0.5) is 11.4 Å². The zero-order valence-electron chi connectivity index (χ0n) is 15.7. The molecule has 0 unspecified atom stereocenters. The fourth-order valence-electron chi connectivity index (χ4n) is 3.34. The Balaban J connectivity index is 1.54. The molecule has 1 saturated heterocycles. The predicted octanol–water partition coefficient (Wildman–Crippen LogP) is 5.07. The number of carbonyl (C=O) groups excluding carboxylic acids is 1. The van der Waals surface area contributed by atoms with Gasteiger partial charge in [-0.05, 0) is 49.5 Å². The Morgan fingerprint density at radius 1 is 0.964 bits per heavy atom. The quantitative estimate of drug-likeness (QED) is 0.650. The lowest BCUT2D eigenvalue weighted by molar-refractivity contribution is 0.103. The number of hydrogen-bond acceptors (Lipinski definition) is 4. The molecule has 4 rings (SSSR count). The number of rotatable bonds is 4. The number of para-hydroxylation sites is 1. The summed E-state index contributed by atoms with van der Waals surface area (Å²) in [6.07, 6.45) is 0. The van der Waals surface area contributed by atoms with Crippen LogP contribution in [0.25, 0.3) is 10.4 Å². The number of thiophene rings is 1. The van der Waals surface area contributed by atoms with Crippen LogP contribution in [0.3, 0.4) is 0 Å². The summed E-state index contributed by atoms with van der Waals surface area (Å²) in [6.45, 7) is 4.16. The van der Waals surface area contributed by atoms with Crippen LogP contribution in [0.15, 0.2) is 60.7 Å².